The van der Waals surface area contributed by atoms with Gasteiger partial charge < -0.3 is 5.32 Å². The highest BCUT2D eigenvalue weighted by Crippen LogP contribution is 2.28. The summed E-state index contributed by atoms with van der Waals surface area (Å²) in [6.45, 7) is 4.29. The summed E-state index contributed by atoms with van der Waals surface area (Å²) >= 11 is 5.82. The van der Waals surface area contributed by atoms with E-state index < -0.39 is 0 Å². The van der Waals surface area contributed by atoms with E-state index in [2.05, 4.69) is 22.2 Å². The van der Waals surface area contributed by atoms with Crippen molar-refractivity contribution in [1.29, 1.82) is 0 Å². The molecule has 1 aliphatic rings. The average molecular weight is 254 g/mol. The molecule has 1 N–H and O–H groups in total. The molecule has 1 aliphatic carbocycles. The molecule has 94 valence electrons. The molecule has 1 fully saturated rings. The molecule has 0 radical (unpaired) electrons. The molecule has 1 heterocycles. The van der Waals surface area contributed by atoms with Gasteiger partial charge >= 0.3 is 0 Å². The molecule has 0 atom stereocenters. The van der Waals surface area contributed by atoms with Gasteiger partial charge in [0.1, 0.15) is 5.82 Å². The van der Waals surface area contributed by atoms with Gasteiger partial charge in [-0.05, 0) is 50.1 Å². The van der Waals surface area contributed by atoms with Crippen LogP contribution in [0.2, 0.25) is 5.28 Å². The lowest BCUT2D eigenvalue weighted by Gasteiger charge is -2.29. The monoisotopic (exact) mass is 253 g/mol. The van der Waals surface area contributed by atoms with Crippen LogP contribution in [0.3, 0.4) is 0 Å². The highest BCUT2D eigenvalue weighted by Gasteiger charge is 2.20. The summed E-state index contributed by atoms with van der Waals surface area (Å²) in [7, 11) is 0. The molecule has 0 aromatic carbocycles. The van der Waals surface area contributed by atoms with Crippen molar-refractivity contribution in [3.8, 4) is 0 Å². The van der Waals surface area contributed by atoms with Crippen molar-refractivity contribution in [2.24, 2.45) is 5.92 Å². The van der Waals surface area contributed by atoms with E-state index in [1.165, 1.54) is 32.1 Å². The summed E-state index contributed by atoms with van der Waals surface area (Å²) < 4.78 is 0. The van der Waals surface area contributed by atoms with Crippen LogP contribution in [0.15, 0.2) is 6.20 Å². The number of nitrogens with one attached hydrogen (secondary N) is 1. The Hall–Kier alpha value is -0.830. The van der Waals surface area contributed by atoms with Crippen LogP contribution in [0, 0.1) is 12.8 Å². The molecule has 4 heteroatoms. The highest BCUT2D eigenvalue weighted by molar-refractivity contribution is 6.28. The van der Waals surface area contributed by atoms with Gasteiger partial charge in [-0.15, -0.1) is 0 Å². The summed E-state index contributed by atoms with van der Waals surface area (Å²) in [5.74, 6) is 1.81. The number of rotatable bonds is 3. The molecule has 1 saturated carbocycles. The van der Waals surface area contributed by atoms with E-state index >= 15 is 0 Å². The van der Waals surface area contributed by atoms with Gasteiger partial charge in [-0.25, -0.2) is 9.97 Å². The van der Waals surface area contributed by atoms with Gasteiger partial charge in [-0.3, -0.25) is 0 Å². The maximum atomic E-state index is 5.82. The third kappa shape index (κ3) is 3.32. The first-order valence-electron chi connectivity index (χ1n) is 6.44. The lowest BCUT2D eigenvalue weighted by Crippen LogP contribution is -2.26. The van der Waals surface area contributed by atoms with Crippen molar-refractivity contribution in [2.45, 2.75) is 52.0 Å². The third-order valence-corrected chi connectivity index (χ3v) is 3.89. The van der Waals surface area contributed by atoms with Gasteiger partial charge in [0.05, 0.1) is 0 Å². The maximum absolute atomic E-state index is 5.82. The molecule has 0 amide bonds. The fraction of sp³-hybridized carbons (Fsp3) is 0.692. The van der Waals surface area contributed by atoms with Crippen molar-refractivity contribution >= 4 is 17.4 Å². The smallest absolute Gasteiger partial charge is 0.224 e. The molecule has 3 nitrogen and oxygen atoms in total. The third-order valence-electron chi connectivity index (χ3n) is 3.71. The minimum Gasteiger partial charge on any atom is -0.367 e. The van der Waals surface area contributed by atoms with Crippen molar-refractivity contribution in [1.82, 2.24) is 9.97 Å². The summed E-state index contributed by atoms with van der Waals surface area (Å²) in [5.41, 5.74) is 1.06. The molecule has 0 saturated heterocycles. The summed E-state index contributed by atoms with van der Waals surface area (Å²) in [6.07, 6.45) is 8.21. The number of aryl methyl sites for hydroxylation is 1. The minimum absolute atomic E-state index is 0.320. The summed E-state index contributed by atoms with van der Waals surface area (Å²) in [6, 6.07) is 0.544. The molecule has 0 unspecified atom stereocenters. The van der Waals surface area contributed by atoms with E-state index in [9.17, 15) is 0 Å². The average Bonchev–Trinajstić information content (AvgIpc) is 2.35. The van der Waals surface area contributed by atoms with E-state index in [0.29, 0.717) is 11.3 Å². The van der Waals surface area contributed by atoms with Crippen LogP contribution in [-0.2, 0) is 0 Å². The predicted molar refractivity (Wildman–Crippen MR) is 71.4 cm³/mol. The minimum atomic E-state index is 0.320. The molecule has 0 spiro atoms. The Morgan fingerprint density at radius 1 is 1.35 bits per heavy atom. The van der Waals surface area contributed by atoms with E-state index in [1.54, 1.807) is 6.20 Å². The first-order valence-corrected chi connectivity index (χ1v) is 6.82. The van der Waals surface area contributed by atoms with Gasteiger partial charge in [-0.1, -0.05) is 13.3 Å². The van der Waals surface area contributed by atoms with Crippen LogP contribution in [0.25, 0.3) is 0 Å². The summed E-state index contributed by atoms with van der Waals surface area (Å²) in [4.78, 5) is 8.22. The number of nitrogens with zero attached hydrogens (tertiary/aromatic N) is 2. The van der Waals surface area contributed by atoms with E-state index in [0.717, 1.165) is 17.3 Å². The van der Waals surface area contributed by atoms with Gasteiger partial charge in [-0.2, -0.15) is 0 Å². The number of hydrogen-bond acceptors (Lipinski definition) is 3. The van der Waals surface area contributed by atoms with E-state index in [-0.39, 0.29) is 0 Å². The standard InChI is InChI=1S/C13H20ClN3/c1-3-10-4-6-11(7-5-10)16-12-9(2)8-15-13(14)17-12/h8,10-11H,3-7H2,1-2H3,(H,15,16,17). The Bertz CT molecular complexity index is 373. The fourth-order valence-corrected chi connectivity index (χ4v) is 2.61. The molecule has 0 aliphatic heterocycles. The molecular formula is C13H20ClN3. The van der Waals surface area contributed by atoms with E-state index in [1.807, 2.05) is 6.92 Å². The number of hydrogen-bond donors (Lipinski definition) is 1. The van der Waals surface area contributed by atoms with Crippen LogP contribution < -0.4 is 5.32 Å². The van der Waals surface area contributed by atoms with Crippen LogP contribution in [0.4, 0.5) is 5.82 Å². The molecule has 17 heavy (non-hydrogen) atoms. The van der Waals surface area contributed by atoms with Gasteiger partial charge in [0.25, 0.3) is 0 Å². The zero-order valence-corrected chi connectivity index (χ0v) is 11.3. The lowest BCUT2D eigenvalue weighted by molar-refractivity contribution is 0.330. The second kappa shape index (κ2) is 5.67. The van der Waals surface area contributed by atoms with Crippen LogP contribution in [-0.4, -0.2) is 16.0 Å². The second-order valence-corrected chi connectivity index (χ2v) is 5.28. The maximum Gasteiger partial charge on any atom is 0.224 e. The van der Waals surface area contributed by atoms with Crippen molar-refractivity contribution < 1.29 is 0 Å². The van der Waals surface area contributed by atoms with Gasteiger partial charge in [0, 0.05) is 17.8 Å². The van der Waals surface area contributed by atoms with Crippen molar-refractivity contribution in [2.75, 3.05) is 5.32 Å². The predicted octanol–water partition coefficient (Wildman–Crippen LogP) is 3.82. The normalized spacial score (nSPS) is 24.6. The first kappa shape index (κ1) is 12.6. The zero-order chi connectivity index (χ0) is 12.3. The SMILES string of the molecule is CCC1CCC(Nc2nc(Cl)ncc2C)CC1. The summed E-state index contributed by atoms with van der Waals surface area (Å²) in [5, 5.41) is 3.82. The van der Waals surface area contributed by atoms with Gasteiger partial charge in [0.2, 0.25) is 5.28 Å². The highest BCUT2D eigenvalue weighted by atomic mass is 35.5. The molecule has 1 aromatic heterocycles. The Morgan fingerprint density at radius 2 is 2.06 bits per heavy atom. The van der Waals surface area contributed by atoms with E-state index in [4.69, 9.17) is 11.6 Å². The Labute approximate surface area is 108 Å². The molecular weight excluding hydrogens is 234 g/mol. The largest absolute Gasteiger partial charge is 0.367 e. The Kier molecular flexibility index (Phi) is 4.21. The Balaban J connectivity index is 1.95. The van der Waals surface area contributed by atoms with Gasteiger partial charge in [0.15, 0.2) is 0 Å². The molecule has 0 bridgehead atoms. The number of anilines is 1. The second-order valence-electron chi connectivity index (χ2n) is 4.94. The number of aromatic nitrogens is 2. The Morgan fingerprint density at radius 3 is 2.71 bits per heavy atom. The first-order chi connectivity index (χ1) is 8.19. The topological polar surface area (TPSA) is 37.8 Å². The van der Waals surface area contributed by atoms with Crippen molar-refractivity contribution in [3.63, 3.8) is 0 Å². The van der Waals surface area contributed by atoms with Crippen LogP contribution >= 0.6 is 11.6 Å². The van der Waals surface area contributed by atoms with Crippen LogP contribution in [0.1, 0.15) is 44.6 Å². The zero-order valence-electron chi connectivity index (χ0n) is 10.5. The van der Waals surface area contributed by atoms with Crippen molar-refractivity contribution in [3.05, 3.63) is 17.0 Å². The quantitative estimate of drug-likeness (QED) is 0.833. The molecule has 1 aromatic rings. The number of halogens is 1. The molecule has 2 rings (SSSR count). The lowest BCUT2D eigenvalue weighted by atomic mass is 9.84. The fourth-order valence-electron chi connectivity index (χ4n) is 2.48. The van der Waals surface area contributed by atoms with Crippen LogP contribution in [0.5, 0.6) is 0 Å².